The zero-order valence-corrected chi connectivity index (χ0v) is 20.2. The van der Waals surface area contributed by atoms with Crippen LogP contribution in [0.25, 0.3) is 10.2 Å². The second kappa shape index (κ2) is 10.2. The summed E-state index contributed by atoms with van der Waals surface area (Å²) in [5.41, 5.74) is 1.32. The fourth-order valence-corrected chi connectivity index (χ4v) is 4.62. The van der Waals surface area contributed by atoms with Crippen LogP contribution in [0, 0.1) is 0 Å². The largest absolute Gasteiger partial charge is 0.493 e. The van der Waals surface area contributed by atoms with Gasteiger partial charge in [-0.25, -0.2) is 4.98 Å². The molecule has 0 atom stereocenters. The zero-order valence-electron chi connectivity index (χ0n) is 18.6. The topological polar surface area (TPSA) is 64.1 Å². The van der Waals surface area contributed by atoms with Gasteiger partial charge in [0, 0.05) is 23.5 Å². The Labute approximate surface area is 190 Å². The molecule has 1 amide bonds. The maximum Gasteiger partial charge on any atom is 0.260 e. The molecule has 0 spiro atoms. The molecule has 1 heterocycles. The second-order valence-electron chi connectivity index (χ2n) is 7.00. The molecule has 3 rings (SSSR count). The van der Waals surface area contributed by atoms with Crippen molar-refractivity contribution >= 4 is 44.4 Å². The van der Waals surface area contributed by atoms with Gasteiger partial charge >= 0.3 is 0 Å². The van der Waals surface area contributed by atoms with E-state index in [1.165, 1.54) is 37.6 Å². The van der Waals surface area contributed by atoms with E-state index in [-0.39, 0.29) is 5.91 Å². The van der Waals surface area contributed by atoms with E-state index in [9.17, 15) is 4.79 Å². The molecule has 7 nitrogen and oxygen atoms in total. The molecular formula is C22H27N3O4S2. The van der Waals surface area contributed by atoms with E-state index in [1.54, 1.807) is 28.8 Å². The number of likely N-dealkylation sites (N-methyl/N-ethyl adjacent to an activating group) is 1. The molecule has 2 aromatic carbocycles. The Balaban J connectivity index is 2.05. The number of carbonyl (C=O) groups is 1. The minimum Gasteiger partial charge on any atom is -0.493 e. The molecular weight excluding hydrogens is 434 g/mol. The fourth-order valence-electron chi connectivity index (χ4n) is 3.08. The van der Waals surface area contributed by atoms with Gasteiger partial charge in [0.2, 0.25) is 5.75 Å². The van der Waals surface area contributed by atoms with Gasteiger partial charge in [0.1, 0.15) is 0 Å². The molecule has 0 bridgehead atoms. The Bertz CT molecular complexity index is 1040. The lowest BCUT2D eigenvalue weighted by Gasteiger charge is -2.23. The molecule has 9 heteroatoms. The Morgan fingerprint density at radius 3 is 2.26 bits per heavy atom. The van der Waals surface area contributed by atoms with Crippen molar-refractivity contribution < 1.29 is 19.0 Å². The highest BCUT2D eigenvalue weighted by Crippen LogP contribution is 2.39. The highest BCUT2D eigenvalue weighted by Gasteiger charge is 2.24. The monoisotopic (exact) mass is 461 g/mol. The average molecular weight is 462 g/mol. The van der Waals surface area contributed by atoms with Crippen molar-refractivity contribution in [2.24, 2.45) is 0 Å². The molecule has 0 radical (unpaired) electrons. The first-order valence-electron chi connectivity index (χ1n) is 9.63. The number of thiazole rings is 1. The van der Waals surface area contributed by atoms with Gasteiger partial charge in [-0.2, -0.15) is 0 Å². The number of fused-ring (bicyclic) bond motifs is 1. The Kier molecular flexibility index (Phi) is 7.64. The van der Waals surface area contributed by atoms with Gasteiger partial charge in [0.15, 0.2) is 16.6 Å². The van der Waals surface area contributed by atoms with Crippen molar-refractivity contribution in [3.05, 3.63) is 35.9 Å². The van der Waals surface area contributed by atoms with Gasteiger partial charge in [0.05, 0.1) is 31.5 Å². The summed E-state index contributed by atoms with van der Waals surface area (Å²) in [6.07, 6.45) is 2.04. The van der Waals surface area contributed by atoms with Crippen molar-refractivity contribution in [3.8, 4) is 17.2 Å². The lowest BCUT2D eigenvalue weighted by molar-refractivity contribution is 0.0984. The number of aromatic nitrogens is 1. The standard InChI is InChI=1S/C22H27N3O4S2/c1-24(2)9-10-25(22-23-16-8-7-15(30-6)13-19(16)31-22)21(26)14-11-17(27-3)20(29-5)18(12-14)28-4/h7-8,11-13H,9-10H2,1-6H3. The SMILES string of the molecule is COc1cc(C(=O)N(CCN(C)C)c2nc3ccc(SC)cc3s2)cc(OC)c1OC. The first-order chi connectivity index (χ1) is 14.9. The number of methoxy groups -OCH3 is 3. The van der Waals surface area contributed by atoms with E-state index in [0.717, 1.165) is 10.2 Å². The number of nitrogens with zero attached hydrogens (tertiary/aromatic N) is 3. The number of benzene rings is 2. The summed E-state index contributed by atoms with van der Waals surface area (Å²) in [6, 6.07) is 9.49. The van der Waals surface area contributed by atoms with Crippen LogP contribution in [0.3, 0.4) is 0 Å². The van der Waals surface area contributed by atoms with E-state index in [2.05, 4.69) is 6.07 Å². The van der Waals surface area contributed by atoms with Crippen molar-refractivity contribution in [2.45, 2.75) is 4.90 Å². The summed E-state index contributed by atoms with van der Waals surface area (Å²) in [6.45, 7) is 1.19. The van der Waals surface area contributed by atoms with Crippen LogP contribution in [-0.4, -0.2) is 70.6 Å². The molecule has 0 unspecified atom stereocenters. The number of ether oxygens (including phenoxy) is 3. The summed E-state index contributed by atoms with van der Waals surface area (Å²) < 4.78 is 17.3. The van der Waals surface area contributed by atoms with Crippen LogP contribution < -0.4 is 19.1 Å². The third-order valence-electron chi connectivity index (χ3n) is 4.74. The summed E-state index contributed by atoms with van der Waals surface area (Å²) in [7, 11) is 8.56. The van der Waals surface area contributed by atoms with Gasteiger partial charge in [-0.05, 0) is 50.7 Å². The molecule has 0 N–H and O–H groups in total. The van der Waals surface area contributed by atoms with Crippen LogP contribution in [0.15, 0.2) is 35.2 Å². The molecule has 0 aliphatic rings. The quantitative estimate of drug-likeness (QED) is 0.441. The molecule has 166 valence electrons. The predicted octanol–water partition coefficient (Wildman–Crippen LogP) is 4.25. The normalized spacial score (nSPS) is 11.1. The Morgan fingerprint density at radius 2 is 1.71 bits per heavy atom. The number of hydrogen-bond donors (Lipinski definition) is 0. The molecule has 3 aromatic rings. The lowest BCUT2D eigenvalue weighted by atomic mass is 10.1. The number of anilines is 1. The van der Waals surface area contributed by atoms with Gasteiger partial charge in [-0.3, -0.25) is 9.69 Å². The minimum atomic E-state index is -0.176. The zero-order chi connectivity index (χ0) is 22.5. The predicted molar refractivity (Wildman–Crippen MR) is 128 cm³/mol. The van der Waals surface area contributed by atoms with Crippen molar-refractivity contribution in [3.63, 3.8) is 0 Å². The van der Waals surface area contributed by atoms with E-state index < -0.39 is 0 Å². The van der Waals surface area contributed by atoms with Crippen molar-refractivity contribution in [1.29, 1.82) is 0 Å². The number of hydrogen-bond acceptors (Lipinski definition) is 8. The van der Waals surface area contributed by atoms with Gasteiger partial charge < -0.3 is 19.1 Å². The lowest BCUT2D eigenvalue weighted by Crippen LogP contribution is -2.36. The number of rotatable bonds is 9. The molecule has 0 fully saturated rings. The van der Waals surface area contributed by atoms with Gasteiger partial charge in [-0.1, -0.05) is 11.3 Å². The third kappa shape index (κ3) is 5.06. The number of thioether (sulfide) groups is 1. The highest BCUT2D eigenvalue weighted by molar-refractivity contribution is 7.98. The highest BCUT2D eigenvalue weighted by atomic mass is 32.2. The number of carbonyl (C=O) groups excluding carboxylic acids is 1. The Morgan fingerprint density at radius 1 is 1.03 bits per heavy atom. The summed E-state index contributed by atoms with van der Waals surface area (Å²) in [5.74, 6) is 1.15. The summed E-state index contributed by atoms with van der Waals surface area (Å²) >= 11 is 3.19. The van der Waals surface area contributed by atoms with Crippen LogP contribution in [0.4, 0.5) is 5.13 Å². The van der Waals surface area contributed by atoms with Gasteiger partial charge in [0.25, 0.3) is 5.91 Å². The van der Waals surface area contributed by atoms with E-state index >= 15 is 0 Å². The second-order valence-corrected chi connectivity index (χ2v) is 8.89. The molecule has 31 heavy (non-hydrogen) atoms. The number of amides is 1. The molecule has 0 saturated carbocycles. The Hall–Kier alpha value is -2.49. The maximum absolute atomic E-state index is 13.6. The van der Waals surface area contributed by atoms with Crippen LogP contribution in [-0.2, 0) is 0 Å². The third-order valence-corrected chi connectivity index (χ3v) is 6.51. The first kappa shape index (κ1) is 23.2. The average Bonchev–Trinajstić information content (AvgIpc) is 3.20. The van der Waals surface area contributed by atoms with E-state index in [4.69, 9.17) is 19.2 Å². The van der Waals surface area contributed by atoms with Crippen LogP contribution in [0.1, 0.15) is 10.4 Å². The van der Waals surface area contributed by atoms with Crippen LogP contribution in [0.5, 0.6) is 17.2 Å². The van der Waals surface area contributed by atoms with Crippen LogP contribution in [0.2, 0.25) is 0 Å². The molecule has 0 aliphatic heterocycles. The maximum atomic E-state index is 13.6. The molecule has 1 aromatic heterocycles. The summed E-state index contributed by atoms with van der Waals surface area (Å²) in [4.78, 5) is 23.3. The molecule has 0 saturated heterocycles. The van der Waals surface area contributed by atoms with E-state index in [0.29, 0.717) is 41.0 Å². The summed E-state index contributed by atoms with van der Waals surface area (Å²) in [5, 5.41) is 0.661. The van der Waals surface area contributed by atoms with E-state index in [1.807, 2.05) is 37.4 Å². The fraction of sp³-hybridized carbons (Fsp3) is 0.364. The van der Waals surface area contributed by atoms with Crippen molar-refractivity contribution in [1.82, 2.24) is 9.88 Å². The van der Waals surface area contributed by atoms with Gasteiger partial charge in [-0.15, -0.1) is 11.8 Å². The smallest absolute Gasteiger partial charge is 0.260 e. The van der Waals surface area contributed by atoms with Crippen molar-refractivity contribution in [2.75, 3.05) is 59.7 Å². The minimum absolute atomic E-state index is 0.176. The molecule has 0 aliphatic carbocycles. The van der Waals surface area contributed by atoms with Crippen LogP contribution >= 0.6 is 23.1 Å². The first-order valence-corrected chi connectivity index (χ1v) is 11.7.